The molecule has 1 aromatic heterocycles. The molecule has 0 unspecified atom stereocenters. The molecule has 0 spiro atoms. The molecule has 0 radical (unpaired) electrons. The number of carbonyl (C=O) groups excluding carboxylic acids is 1. The van der Waals surface area contributed by atoms with Gasteiger partial charge in [-0.1, -0.05) is 13.8 Å². The average molecular weight is 307 g/mol. The van der Waals surface area contributed by atoms with Gasteiger partial charge in [0.1, 0.15) is 5.69 Å². The van der Waals surface area contributed by atoms with Crippen LogP contribution in [0.15, 0.2) is 6.07 Å². The summed E-state index contributed by atoms with van der Waals surface area (Å²) in [7, 11) is 1.90. The number of anilines is 1. The highest BCUT2D eigenvalue weighted by Crippen LogP contribution is 2.11. The molecular formula is C16H29N5O. The van der Waals surface area contributed by atoms with Crippen molar-refractivity contribution in [1.82, 2.24) is 20.6 Å². The molecule has 0 bridgehead atoms. The highest BCUT2D eigenvalue weighted by Gasteiger charge is 2.14. The zero-order valence-electron chi connectivity index (χ0n) is 14.3. The Morgan fingerprint density at radius 2 is 1.86 bits per heavy atom. The second kappa shape index (κ2) is 10.1. The van der Waals surface area contributed by atoms with Crippen LogP contribution in [0.25, 0.3) is 0 Å². The predicted octanol–water partition coefficient (Wildman–Crippen LogP) is 1.75. The first-order valence-electron chi connectivity index (χ1n) is 8.15. The van der Waals surface area contributed by atoms with Gasteiger partial charge in [0, 0.05) is 25.3 Å². The van der Waals surface area contributed by atoms with Crippen LogP contribution < -0.4 is 15.5 Å². The summed E-state index contributed by atoms with van der Waals surface area (Å²) in [5.74, 6) is 0.528. The van der Waals surface area contributed by atoms with Crippen LogP contribution in [0.3, 0.4) is 0 Å². The second-order valence-electron chi connectivity index (χ2n) is 5.39. The smallest absolute Gasteiger partial charge is 0.270 e. The molecule has 0 aromatic carbocycles. The normalized spacial score (nSPS) is 10.5. The first-order valence-corrected chi connectivity index (χ1v) is 8.15. The highest BCUT2D eigenvalue weighted by molar-refractivity contribution is 5.92. The fourth-order valence-electron chi connectivity index (χ4n) is 2.22. The van der Waals surface area contributed by atoms with Crippen LogP contribution in [0.5, 0.6) is 0 Å². The number of aromatic nitrogens is 2. The molecule has 0 saturated carbocycles. The van der Waals surface area contributed by atoms with Crippen LogP contribution in [0.2, 0.25) is 0 Å². The molecule has 6 nitrogen and oxygen atoms in total. The Labute approximate surface area is 133 Å². The van der Waals surface area contributed by atoms with E-state index in [0.29, 0.717) is 18.2 Å². The van der Waals surface area contributed by atoms with E-state index in [-0.39, 0.29) is 5.91 Å². The number of rotatable bonds is 10. The van der Waals surface area contributed by atoms with Gasteiger partial charge in [-0.3, -0.25) is 4.79 Å². The van der Waals surface area contributed by atoms with Gasteiger partial charge in [-0.2, -0.15) is 0 Å². The predicted molar refractivity (Wildman–Crippen MR) is 90.4 cm³/mol. The SMILES string of the molecule is CCCN(CCC)c1nc(C)cc(C(=O)NCCCNC)n1. The summed E-state index contributed by atoms with van der Waals surface area (Å²) in [5.41, 5.74) is 1.27. The summed E-state index contributed by atoms with van der Waals surface area (Å²) in [6.45, 7) is 9.50. The fraction of sp³-hybridized carbons (Fsp3) is 0.688. The van der Waals surface area contributed by atoms with Gasteiger partial charge >= 0.3 is 0 Å². The van der Waals surface area contributed by atoms with Crippen molar-refractivity contribution in [2.24, 2.45) is 0 Å². The molecule has 0 fully saturated rings. The first kappa shape index (κ1) is 18.4. The molecular weight excluding hydrogens is 278 g/mol. The van der Waals surface area contributed by atoms with Crippen LogP contribution in [0, 0.1) is 6.92 Å². The van der Waals surface area contributed by atoms with Gasteiger partial charge in [0.05, 0.1) is 0 Å². The zero-order chi connectivity index (χ0) is 16.4. The van der Waals surface area contributed by atoms with Crippen molar-refractivity contribution in [3.8, 4) is 0 Å². The fourth-order valence-corrected chi connectivity index (χ4v) is 2.22. The van der Waals surface area contributed by atoms with E-state index in [1.54, 1.807) is 6.07 Å². The van der Waals surface area contributed by atoms with E-state index in [1.807, 2.05) is 14.0 Å². The van der Waals surface area contributed by atoms with Crippen molar-refractivity contribution in [2.45, 2.75) is 40.0 Å². The van der Waals surface area contributed by atoms with E-state index < -0.39 is 0 Å². The molecule has 2 N–H and O–H groups in total. The quantitative estimate of drug-likeness (QED) is 0.645. The molecule has 22 heavy (non-hydrogen) atoms. The van der Waals surface area contributed by atoms with Crippen LogP contribution in [0.1, 0.15) is 49.3 Å². The number of hydrogen-bond acceptors (Lipinski definition) is 5. The number of amides is 1. The minimum Gasteiger partial charge on any atom is -0.351 e. The molecule has 0 aliphatic heterocycles. The van der Waals surface area contributed by atoms with E-state index in [4.69, 9.17) is 0 Å². The number of carbonyl (C=O) groups is 1. The summed E-state index contributed by atoms with van der Waals surface area (Å²) in [4.78, 5) is 23.3. The third kappa shape index (κ3) is 5.97. The lowest BCUT2D eigenvalue weighted by Crippen LogP contribution is -2.30. The number of nitrogens with zero attached hydrogens (tertiary/aromatic N) is 3. The van der Waals surface area contributed by atoms with Gasteiger partial charge < -0.3 is 15.5 Å². The Bertz CT molecular complexity index is 458. The highest BCUT2D eigenvalue weighted by atomic mass is 16.1. The molecule has 1 heterocycles. The van der Waals surface area contributed by atoms with Crippen molar-refractivity contribution in [3.05, 3.63) is 17.5 Å². The first-order chi connectivity index (χ1) is 10.6. The van der Waals surface area contributed by atoms with Crippen LogP contribution in [-0.2, 0) is 0 Å². The largest absolute Gasteiger partial charge is 0.351 e. The third-order valence-corrected chi connectivity index (χ3v) is 3.23. The average Bonchev–Trinajstić information content (AvgIpc) is 2.50. The topological polar surface area (TPSA) is 70.2 Å². The monoisotopic (exact) mass is 307 g/mol. The van der Waals surface area contributed by atoms with Crippen molar-refractivity contribution in [3.63, 3.8) is 0 Å². The number of aryl methyl sites for hydroxylation is 1. The van der Waals surface area contributed by atoms with Crippen molar-refractivity contribution in [2.75, 3.05) is 38.1 Å². The molecule has 0 saturated heterocycles. The van der Waals surface area contributed by atoms with E-state index in [0.717, 1.165) is 44.6 Å². The minimum atomic E-state index is -0.129. The van der Waals surface area contributed by atoms with E-state index in [2.05, 4.69) is 39.3 Å². The van der Waals surface area contributed by atoms with E-state index in [1.165, 1.54) is 0 Å². The lowest BCUT2D eigenvalue weighted by Gasteiger charge is -2.22. The Hall–Kier alpha value is -1.69. The van der Waals surface area contributed by atoms with E-state index >= 15 is 0 Å². The molecule has 1 rings (SSSR count). The van der Waals surface area contributed by atoms with Gasteiger partial charge in [-0.15, -0.1) is 0 Å². The Balaban J connectivity index is 2.81. The van der Waals surface area contributed by atoms with Gasteiger partial charge in [0.15, 0.2) is 0 Å². The maximum Gasteiger partial charge on any atom is 0.270 e. The lowest BCUT2D eigenvalue weighted by atomic mass is 10.3. The van der Waals surface area contributed by atoms with Gasteiger partial charge in [-0.05, 0) is 45.8 Å². The maximum atomic E-state index is 12.2. The standard InChI is InChI=1S/C16H29N5O/c1-5-10-21(11-6-2)16-19-13(3)12-14(20-16)15(22)18-9-7-8-17-4/h12,17H,5-11H2,1-4H3,(H,18,22). The Morgan fingerprint density at radius 1 is 1.18 bits per heavy atom. The minimum absolute atomic E-state index is 0.129. The van der Waals surface area contributed by atoms with Crippen LogP contribution in [-0.4, -0.2) is 49.1 Å². The van der Waals surface area contributed by atoms with Crippen molar-refractivity contribution in [1.29, 1.82) is 0 Å². The Kier molecular flexibility index (Phi) is 8.43. The van der Waals surface area contributed by atoms with Gasteiger partial charge in [-0.25, -0.2) is 9.97 Å². The molecule has 6 heteroatoms. The van der Waals surface area contributed by atoms with Crippen LogP contribution in [0.4, 0.5) is 5.95 Å². The lowest BCUT2D eigenvalue weighted by molar-refractivity contribution is 0.0948. The van der Waals surface area contributed by atoms with E-state index in [9.17, 15) is 4.79 Å². The van der Waals surface area contributed by atoms with Gasteiger partial charge in [0.2, 0.25) is 5.95 Å². The molecule has 0 atom stereocenters. The number of nitrogens with one attached hydrogen (secondary N) is 2. The van der Waals surface area contributed by atoms with Crippen LogP contribution >= 0.6 is 0 Å². The molecule has 0 aliphatic rings. The number of hydrogen-bond donors (Lipinski definition) is 2. The maximum absolute atomic E-state index is 12.2. The summed E-state index contributed by atoms with van der Waals surface area (Å²) < 4.78 is 0. The summed E-state index contributed by atoms with van der Waals surface area (Å²) >= 11 is 0. The molecule has 124 valence electrons. The molecule has 1 aromatic rings. The summed E-state index contributed by atoms with van der Waals surface area (Å²) in [6, 6.07) is 1.74. The molecule has 0 aliphatic carbocycles. The summed E-state index contributed by atoms with van der Waals surface area (Å²) in [6.07, 6.45) is 2.96. The third-order valence-electron chi connectivity index (χ3n) is 3.23. The molecule has 1 amide bonds. The Morgan fingerprint density at radius 3 is 2.45 bits per heavy atom. The van der Waals surface area contributed by atoms with Gasteiger partial charge in [0.25, 0.3) is 5.91 Å². The van der Waals surface area contributed by atoms with Crippen molar-refractivity contribution >= 4 is 11.9 Å². The van der Waals surface area contributed by atoms with Crippen molar-refractivity contribution < 1.29 is 4.79 Å². The zero-order valence-corrected chi connectivity index (χ0v) is 14.3. The second-order valence-corrected chi connectivity index (χ2v) is 5.39. The summed E-state index contributed by atoms with van der Waals surface area (Å²) in [5, 5.41) is 5.96.